The van der Waals surface area contributed by atoms with E-state index in [1.54, 1.807) is 6.07 Å². The van der Waals surface area contributed by atoms with E-state index in [9.17, 15) is 24.3 Å². The number of aromatic carboxylic acids is 1. The van der Waals surface area contributed by atoms with Gasteiger partial charge >= 0.3 is 5.97 Å². The minimum absolute atomic E-state index is 0.0236. The van der Waals surface area contributed by atoms with Gasteiger partial charge in [0.25, 0.3) is 0 Å². The molecule has 0 aromatic heterocycles. The summed E-state index contributed by atoms with van der Waals surface area (Å²) in [5, 5.41) is 11.8. The molecule has 1 fully saturated rings. The van der Waals surface area contributed by atoms with Crippen LogP contribution in [0.15, 0.2) is 72.8 Å². The van der Waals surface area contributed by atoms with Crippen molar-refractivity contribution in [3.8, 4) is 0 Å². The van der Waals surface area contributed by atoms with Crippen LogP contribution in [0.3, 0.4) is 0 Å². The first-order chi connectivity index (χ1) is 16.8. The van der Waals surface area contributed by atoms with Crippen LogP contribution in [-0.4, -0.2) is 40.2 Å². The van der Waals surface area contributed by atoms with E-state index in [0.29, 0.717) is 0 Å². The molecular formula is C27H19BrN2O5. The lowest BCUT2D eigenvalue weighted by atomic mass is 9.55. The summed E-state index contributed by atoms with van der Waals surface area (Å²) in [6, 6.07) is 21.5. The number of carbonyl (C=O) groups is 4. The topological polar surface area (TPSA) is 104 Å². The molecular weight excluding hydrogens is 512 g/mol. The first kappa shape index (κ1) is 21.7. The Morgan fingerprint density at radius 3 is 2.17 bits per heavy atom. The molecule has 2 N–H and O–H groups in total. The van der Waals surface area contributed by atoms with Crippen LogP contribution in [0.4, 0.5) is 5.69 Å². The molecule has 7 nitrogen and oxygen atoms in total. The van der Waals surface area contributed by atoms with Crippen molar-refractivity contribution < 1.29 is 24.3 Å². The first-order valence-electron chi connectivity index (χ1n) is 11.2. The highest BCUT2D eigenvalue weighted by atomic mass is 79.9. The molecule has 3 amide bonds. The summed E-state index contributed by atoms with van der Waals surface area (Å²) < 4.78 is -0.868. The van der Waals surface area contributed by atoms with E-state index in [0.717, 1.165) is 27.2 Å². The van der Waals surface area contributed by atoms with Crippen LogP contribution in [0.1, 0.15) is 38.5 Å². The van der Waals surface area contributed by atoms with Crippen molar-refractivity contribution in [1.82, 2.24) is 4.90 Å². The number of nitrogens with zero attached hydrogens (tertiary/aromatic N) is 1. The molecule has 3 aromatic carbocycles. The molecule has 35 heavy (non-hydrogen) atoms. The Kier molecular flexibility index (Phi) is 4.73. The Morgan fingerprint density at radius 1 is 0.914 bits per heavy atom. The fraction of sp³-hybridized carbons (Fsp3) is 0.185. The van der Waals surface area contributed by atoms with Crippen LogP contribution >= 0.6 is 15.9 Å². The van der Waals surface area contributed by atoms with E-state index in [1.807, 2.05) is 48.5 Å². The Balaban J connectivity index is 1.35. The summed E-state index contributed by atoms with van der Waals surface area (Å²) >= 11 is 3.92. The number of hydrogen-bond donors (Lipinski definition) is 2. The molecule has 1 saturated heterocycles. The van der Waals surface area contributed by atoms with Gasteiger partial charge in [-0.1, -0.05) is 70.5 Å². The molecule has 3 aromatic rings. The zero-order valence-corrected chi connectivity index (χ0v) is 19.9. The van der Waals surface area contributed by atoms with Gasteiger partial charge in [0.05, 0.1) is 21.7 Å². The average molecular weight is 531 g/mol. The van der Waals surface area contributed by atoms with Crippen molar-refractivity contribution in [2.45, 2.75) is 10.2 Å². The van der Waals surface area contributed by atoms with E-state index in [2.05, 4.69) is 21.2 Å². The summed E-state index contributed by atoms with van der Waals surface area (Å²) in [6.45, 7) is -0.440. The van der Waals surface area contributed by atoms with Gasteiger partial charge in [0, 0.05) is 11.6 Å². The fourth-order valence-electron chi connectivity index (χ4n) is 5.97. The number of anilines is 1. The van der Waals surface area contributed by atoms with Crippen LogP contribution in [-0.2, 0) is 18.7 Å². The van der Waals surface area contributed by atoms with Gasteiger partial charge in [-0.3, -0.25) is 19.3 Å². The molecule has 174 valence electrons. The molecule has 2 atom stereocenters. The molecule has 7 rings (SSSR count). The van der Waals surface area contributed by atoms with E-state index in [-0.39, 0.29) is 29.0 Å². The predicted octanol–water partition coefficient (Wildman–Crippen LogP) is 3.72. The maximum absolute atomic E-state index is 13.7. The van der Waals surface area contributed by atoms with E-state index < -0.39 is 34.6 Å². The summed E-state index contributed by atoms with van der Waals surface area (Å²) in [5.74, 6) is -4.01. The molecule has 1 aliphatic heterocycles. The van der Waals surface area contributed by atoms with Crippen LogP contribution in [0.25, 0.3) is 0 Å². The zero-order valence-electron chi connectivity index (χ0n) is 18.3. The minimum atomic E-state index is -1.12. The fourth-order valence-corrected chi connectivity index (χ4v) is 7.17. The Labute approximate surface area is 208 Å². The normalized spacial score (nSPS) is 25.6. The van der Waals surface area contributed by atoms with Gasteiger partial charge in [-0.05, 0) is 40.5 Å². The number of likely N-dealkylation sites (tertiary alicyclic amines) is 1. The number of rotatable bonds is 4. The monoisotopic (exact) mass is 530 g/mol. The Bertz CT molecular complexity index is 1400. The molecule has 2 bridgehead atoms. The highest BCUT2D eigenvalue weighted by molar-refractivity contribution is 9.09. The molecule has 8 heteroatoms. The number of carboxylic acid groups (broad SMARTS) is 1. The Morgan fingerprint density at radius 2 is 1.54 bits per heavy atom. The van der Waals surface area contributed by atoms with Gasteiger partial charge in [-0.2, -0.15) is 0 Å². The Hall–Kier alpha value is -3.78. The maximum atomic E-state index is 13.7. The van der Waals surface area contributed by atoms with Crippen LogP contribution < -0.4 is 5.32 Å². The second kappa shape index (κ2) is 7.61. The lowest BCUT2D eigenvalue weighted by molar-refractivity contribution is -0.142. The lowest BCUT2D eigenvalue weighted by Gasteiger charge is -2.51. The number of hydrogen-bond acceptors (Lipinski definition) is 4. The highest BCUT2D eigenvalue weighted by Crippen LogP contribution is 2.66. The van der Waals surface area contributed by atoms with Gasteiger partial charge in [0.1, 0.15) is 6.54 Å². The highest BCUT2D eigenvalue weighted by Gasteiger charge is 2.67. The second-order valence-corrected chi connectivity index (χ2v) is 10.3. The molecule has 4 aliphatic rings. The molecule has 1 heterocycles. The molecule has 0 spiro atoms. The average Bonchev–Trinajstić information content (AvgIpc) is 3.10. The number of alkyl halides is 1. The molecule has 0 saturated carbocycles. The number of halogens is 1. The summed E-state index contributed by atoms with van der Waals surface area (Å²) in [5.41, 5.74) is 4.29. The number of carboxylic acids is 1. The number of nitrogens with one attached hydrogen (secondary N) is 1. The van der Waals surface area contributed by atoms with Crippen molar-refractivity contribution >= 4 is 45.3 Å². The van der Waals surface area contributed by atoms with Crippen molar-refractivity contribution in [3.63, 3.8) is 0 Å². The standard InChI is InChI=1S/C27H19BrN2O5/c28-27-18-10-3-1-8-16(18)21(17-9-2-4-11-19(17)27)22-23(27)25(33)30(24(22)32)13-20(31)29-15-7-5-6-14(12-15)26(34)35/h1-12,21-23H,13H2,(H,29,31)(H,34,35)/t21?,22-,23+,27?/m0/s1. The lowest BCUT2D eigenvalue weighted by Crippen LogP contribution is -2.50. The van der Waals surface area contributed by atoms with Gasteiger partial charge in [0.15, 0.2) is 0 Å². The number of imide groups is 1. The third-order valence-corrected chi connectivity index (χ3v) is 8.65. The quantitative estimate of drug-likeness (QED) is 0.395. The van der Waals surface area contributed by atoms with Crippen LogP contribution in [0.5, 0.6) is 0 Å². The van der Waals surface area contributed by atoms with Crippen molar-refractivity contribution in [2.24, 2.45) is 11.8 Å². The molecule has 0 radical (unpaired) electrons. The summed E-state index contributed by atoms with van der Waals surface area (Å²) in [6.07, 6.45) is 0. The molecule has 0 unspecified atom stereocenters. The smallest absolute Gasteiger partial charge is 0.335 e. The van der Waals surface area contributed by atoms with E-state index in [4.69, 9.17) is 0 Å². The van der Waals surface area contributed by atoms with Crippen molar-refractivity contribution in [2.75, 3.05) is 11.9 Å². The van der Waals surface area contributed by atoms with Gasteiger partial charge in [-0.15, -0.1) is 0 Å². The van der Waals surface area contributed by atoms with Gasteiger partial charge in [-0.25, -0.2) is 4.79 Å². The van der Waals surface area contributed by atoms with Crippen LogP contribution in [0.2, 0.25) is 0 Å². The zero-order chi connectivity index (χ0) is 24.5. The van der Waals surface area contributed by atoms with Crippen LogP contribution in [0, 0.1) is 11.8 Å². The van der Waals surface area contributed by atoms with Gasteiger partial charge < -0.3 is 10.4 Å². The van der Waals surface area contributed by atoms with Crippen molar-refractivity contribution in [3.05, 3.63) is 101 Å². The van der Waals surface area contributed by atoms with E-state index in [1.165, 1.54) is 18.2 Å². The SMILES string of the molecule is O=C(CN1C(=O)[C@H]2C3c4ccccc4C(Br)(c4ccccc43)[C@H]2C1=O)Nc1cccc(C(=O)O)c1. The van der Waals surface area contributed by atoms with E-state index >= 15 is 0 Å². The number of benzene rings is 3. The molecule has 3 aliphatic carbocycles. The minimum Gasteiger partial charge on any atom is -0.478 e. The summed E-state index contributed by atoms with van der Waals surface area (Å²) in [7, 11) is 0. The number of amides is 3. The first-order valence-corrected chi connectivity index (χ1v) is 12.0. The third kappa shape index (κ3) is 2.96. The summed E-state index contributed by atoms with van der Waals surface area (Å²) in [4.78, 5) is 52.5. The van der Waals surface area contributed by atoms with Crippen molar-refractivity contribution in [1.29, 1.82) is 0 Å². The second-order valence-electron chi connectivity index (χ2n) is 9.06. The van der Waals surface area contributed by atoms with Gasteiger partial charge in [0.2, 0.25) is 17.7 Å². The number of carbonyl (C=O) groups excluding carboxylic acids is 3. The predicted molar refractivity (Wildman–Crippen MR) is 130 cm³/mol. The maximum Gasteiger partial charge on any atom is 0.335 e. The largest absolute Gasteiger partial charge is 0.478 e. The third-order valence-electron chi connectivity index (χ3n) is 7.30.